The molecule has 0 atom stereocenters. The first kappa shape index (κ1) is 11.8. The van der Waals surface area contributed by atoms with Crippen molar-refractivity contribution in [1.82, 2.24) is 4.98 Å². The molecule has 0 radical (unpaired) electrons. The Morgan fingerprint density at radius 1 is 1.29 bits per heavy atom. The van der Waals surface area contributed by atoms with Crippen LogP contribution in [-0.2, 0) is 0 Å². The lowest BCUT2D eigenvalue weighted by atomic mass is 10.2. The van der Waals surface area contributed by atoms with E-state index in [1.165, 1.54) is 0 Å². The van der Waals surface area contributed by atoms with Crippen LogP contribution in [0.4, 0.5) is 0 Å². The summed E-state index contributed by atoms with van der Waals surface area (Å²) in [7, 11) is 0. The monoisotopic (exact) mass is 246 g/mol. The fourth-order valence-corrected chi connectivity index (χ4v) is 1.77. The summed E-state index contributed by atoms with van der Waals surface area (Å²) in [5.41, 5.74) is 6.32. The van der Waals surface area contributed by atoms with E-state index in [0.29, 0.717) is 18.0 Å². The highest BCUT2D eigenvalue weighted by atomic mass is 32.1. The minimum absolute atomic E-state index is 0.532. The van der Waals surface area contributed by atoms with Crippen LogP contribution in [0.2, 0.25) is 0 Å². The van der Waals surface area contributed by atoms with Crippen LogP contribution in [0.1, 0.15) is 12.8 Å². The van der Waals surface area contributed by atoms with Crippen molar-refractivity contribution in [3.05, 3.63) is 36.5 Å². The maximum absolute atomic E-state index is 5.69. The van der Waals surface area contributed by atoms with Gasteiger partial charge in [-0.3, -0.25) is 4.98 Å². The SMILES string of the molecule is NC(=S)CCCOc1cccc2cccnc12. The Balaban J connectivity index is 2.05. The summed E-state index contributed by atoms with van der Waals surface area (Å²) in [6.07, 6.45) is 3.32. The predicted octanol–water partition coefficient (Wildman–Crippen LogP) is 2.68. The second-order valence-corrected chi connectivity index (χ2v) is 4.27. The minimum Gasteiger partial charge on any atom is -0.491 e. The summed E-state index contributed by atoms with van der Waals surface area (Å²) in [6.45, 7) is 0.604. The van der Waals surface area contributed by atoms with E-state index < -0.39 is 0 Å². The van der Waals surface area contributed by atoms with E-state index in [4.69, 9.17) is 22.7 Å². The molecule has 0 saturated heterocycles. The smallest absolute Gasteiger partial charge is 0.145 e. The lowest BCUT2D eigenvalue weighted by Gasteiger charge is -2.08. The molecule has 0 fully saturated rings. The fourth-order valence-electron chi connectivity index (χ4n) is 1.62. The lowest BCUT2D eigenvalue weighted by molar-refractivity contribution is 0.317. The van der Waals surface area contributed by atoms with E-state index in [1.807, 2.05) is 30.3 Å². The van der Waals surface area contributed by atoms with E-state index in [2.05, 4.69) is 4.98 Å². The van der Waals surface area contributed by atoms with Crippen LogP contribution in [0.25, 0.3) is 10.9 Å². The molecule has 88 valence electrons. The molecule has 0 aliphatic rings. The van der Waals surface area contributed by atoms with Crippen LogP contribution in [0.5, 0.6) is 5.75 Å². The Morgan fingerprint density at radius 2 is 2.12 bits per heavy atom. The molecule has 0 amide bonds. The zero-order valence-corrected chi connectivity index (χ0v) is 10.2. The second-order valence-electron chi connectivity index (χ2n) is 3.75. The number of nitrogens with two attached hydrogens (primary N) is 1. The second kappa shape index (κ2) is 5.59. The molecule has 1 aromatic carbocycles. The largest absolute Gasteiger partial charge is 0.491 e. The van der Waals surface area contributed by atoms with Gasteiger partial charge in [0.1, 0.15) is 11.3 Å². The van der Waals surface area contributed by atoms with Gasteiger partial charge in [0.05, 0.1) is 11.6 Å². The van der Waals surface area contributed by atoms with Crippen LogP contribution < -0.4 is 10.5 Å². The van der Waals surface area contributed by atoms with Crippen LogP contribution in [0.3, 0.4) is 0 Å². The number of rotatable bonds is 5. The third kappa shape index (κ3) is 3.14. The fraction of sp³-hybridized carbons (Fsp3) is 0.231. The number of benzene rings is 1. The van der Waals surface area contributed by atoms with Crippen molar-refractivity contribution in [2.24, 2.45) is 5.73 Å². The van der Waals surface area contributed by atoms with Crippen molar-refractivity contribution >= 4 is 28.1 Å². The molecule has 0 bridgehead atoms. The summed E-state index contributed by atoms with van der Waals surface area (Å²) >= 11 is 4.81. The van der Waals surface area contributed by atoms with Gasteiger partial charge in [0.15, 0.2) is 0 Å². The Hall–Kier alpha value is -1.68. The van der Waals surface area contributed by atoms with Crippen LogP contribution in [0, 0.1) is 0 Å². The number of thiocarbonyl (C=S) groups is 1. The molecular weight excluding hydrogens is 232 g/mol. The van der Waals surface area contributed by atoms with Crippen molar-refractivity contribution in [3.63, 3.8) is 0 Å². The molecule has 4 heteroatoms. The topological polar surface area (TPSA) is 48.1 Å². The van der Waals surface area contributed by atoms with Gasteiger partial charge in [-0.25, -0.2) is 0 Å². The minimum atomic E-state index is 0.532. The van der Waals surface area contributed by atoms with Crippen molar-refractivity contribution in [1.29, 1.82) is 0 Å². The van der Waals surface area contributed by atoms with Crippen molar-refractivity contribution in [2.45, 2.75) is 12.8 Å². The van der Waals surface area contributed by atoms with E-state index in [-0.39, 0.29) is 0 Å². The lowest BCUT2D eigenvalue weighted by Crippen LogP contribution is -2.09. The van der Waals surface area contributed by atoms with Gasteiger partial charge in [-0.15, -0.1) is 0 Å². The van der Waals surface area contributed by atoms with Gasteiger partial charge in [-0.05, 0) is 18.6 Å². The van der Waals surface area contributed by atoms with Gasteiger partial charge in [0.25, 0.3) is 0 Å². The van der Waals surface area contributed by atoms with Crippen molar-refractivity contribution < 1.29 is 4.74 Å². The molecule has 0 spiro atoms. The van der Waals surface area contributed by atoms with Crippen LogP contribution >= 0.6 is 12.2 Å². The maximum Gasteiger partial charge on any atom is 0.145 e. The maximum atomic E-state index is 5.69. The highest BCUT2D eigenvalue weighted by molar-refractivity contribution is 7.80. The summed E-state index contributed by atoms with van der Waals surface area (Å²) in [5, 5.41) is 1.08. The third-order valence-electron chi connectivity index (χ3n) is 2.42. The molecule has 1 heterocycles. The summed E-state index contributed by atoms with van der Waals surface area (Å²) in [4.78, 5) is 4.85. The Bertz CT molecular complexity index is 522. The quantitative estimate of drug-likeness (QED) is 0.651. The number of para-hydroxylation sites is 1. The van der Waals surface area contributed by atoms with Crippen molar-refractivity contribution in [3.8, 4) is 5.75 Å². The third-order valence-corrected chi connectivity index (χ3v) is 2.62. The molecule has 3 nitrogen and oxygen atoms in total. The molecule has 0 aliphatic carbocycles. The molecule has 2 N–H and O–H groups in total. The van der Waals surface area contributed by atoms with Crippen LogP contribution in [0.15, 0.2) is 36.5 Å². The van der Waals surface area contributed by atoms with Crippen molar-refractivity contribution in [2.75, 3.05) is 6.61 Å². The molecule has 2 rings (SSSR count). The molecule has 0 saturated carbocycles. The van der Waals surface area contributed by atoms with Gasteiger partial charge in [0.2, 0.25) is 0 Å². The predicted molar refractivity (Wildman–Crippen MR) is 73.3 cm³/mol. The number of hydrogen-bond donors (Lipinski definition) is 1. The summed E-state index contributed by atoms with van der Waals surface area (Å²) < 4.78 is 5.69. The zero-order chi connectivity index (χ0) is 12.1. The summed E-state index contributed by atoms with van der Waals surface area (Å²) in [5.74, 6) is 0.811. The van der Waals surface area contributed by atoms with Gasteiger partial charge in [-0.2, -0.15) is 0 Å². The Kier molecular flexibility index (Phi) is 3.88. The van der Waals surface area contributed by atoms with E-state index in [1.54, 1.807) is 6.20 Å². The van der Waals surface area contributed by atoms with E-state index in [9.17, 15) is 0 Å². The number of ether oxygens (including phenoxy) is 1. The first-order valence-electron chi connectivity index (χ1n) is 5.52. The standard InChI is InChI=1S/C13H14N2OS/c14-12(17)7-3-9-16-11-6-1-4-10-5-2-8-15-13(10)11/h1-2,4-6,8H,3,7,9H2,(H2,14,17). The van der Waals surface area contributed by atoms with Gasteiger partial charge < -0.3 is 10.5 Å². The number of pyridine rings is 1. The number of aromatic nitrogens is 1. The Labute approximate surface area is 106 Å². The van der Waals surface area contributed by atoms with Gasteiger partial charge >= 0.3 is 0 Å². The molecular formula is C13H14N2OS. The van der Waals surface area contributed by atoms with Gasteiger partial charge in [0, 0.05) is 18.0 Å². The van der Waals surface area contributed by atoms with Crippen LogP contribution in [-0.4, -0.2) is 16.6 Å². The Morgan fingerprint density at radius 3 is 2.94 bits per heavy atom. The zero-order valence-electron chi connectivity index (χ0n) is 9.43. The normalized spacial score (nSPS) is 10.4. The highest BCUT2D eigenvalue weighted by Crippen LogP contribution is 2.22. The van der Waals surface area contributed by atoms with E-state index in [0.717, 1.165) is 23.1 Å². The average molecular weight is 246 g/mol. The number of nitrogens with zero attached hydrogens (tertiary/aromatic N) is 1. The van der Waals surface area contributed by atoms with E-state index >= 15 is 0 Å². The number of hydrogen-bond acceptors (Lipinski definition) is 3. The summed E-state index contributed by atoms with van der Waals surface area (Å²) in [6, 6.07) is 9.84. The first-order chi connectivity index (χ1) is 8.27. The highest BCUT2D eigenvalue weighted by Gasteiger charge is 2.02. The average Bonchev–Trinajstić information content (AvgIpc) is 2.34. The molecule has 0 aliphatic heterocycles. The molecule has 17 heavy (non-hydrogen) atoms. The number of fused-ring (bicyclic) bond motifs is 1. The van der Waals surface area contributed by atoms with Gasteiger partial charge in [-0.1, -0.05) is 30.4 Å². The molecule has 1 aromatic heterocycles. The molecule has 2 aromatic rings. The first-order valence-corrected chi connectivity index (χ1v) is 5.93. The molecule has 0 unspecified atom stereocenters.